The molecule has 0 aromatic heterocycles. The van der Waals surface area contributed by atoms with Gasteiger partial charge in [-0.2, -0.15) is 5.26 Å². The molecule has 0 radical (unpaired) electrons. The van der Waals surface area contributed by atoms with Crippen molar-refractivity contribution in [2.45, 2.75) is 18.9 Å². The average molecular weight is 179 g/mol. The van der Waals surface area contributed by atoms with Crippen molar-refractivity contribution in [1.82, 2.24) is 0 Å². The second-order valence-corrected chi connectivity index (χ2v) is 2.90. The van der Waals surface area contributed by atoms with Crippen molar-refractivity contribution in [3.8, 4) is 6.07 Å². The molecule has 2 atom stereocenters. The highest BCUT2D eigenvalue weighted by Gasteiger charge is 2.16. The summed E-state index contributed by atoms with van der Waals surface area (Å²) >= 11 is 0. The van der Waals surface area contributed by atoms with E-state index in [2.05, 4.69) is 0 Å². The number of nitriles is 1. The predicted octanol–water partition coefficient (Wildman–Crippen LogP) is 1.81. The molecule has 0 aliphatic rings. The fraction of sp³-hybridized carbons (Fsp3) is 0.300. The Morgan fingerprint density at radius 2 is 2.23 bits per heavy atom. The van der Waals surface area contributed by atoms with Gasteiger partial charge in [0.25, 0.3) is 0 Å². The fourth-order valence-electron chi connectivity index (χ4n) is 1.16. The highest BCUT2D eigenvalue weighted by atomic mass is 19.1. The monoisotopic (exact) mass is 179 g/mol. The van der Waals surface area contributed by atoms with E-state index in [4.69, 9.17) is 5.26 Å². The third-order valence-electron chi connectivity index (χ3n) is 1.83. The van der Waals surface area contributed by atoms with Crippen LogP contribution >= 0.6 is 0 Å². The molecule has 0 saturated heterocycles. The summed E-state index contributed by atoms with van der Waals surface area (Å²) in [6.07, 6.45) is -0.785. The molecule has 3 heteroatoms. The number of aliphatic hydroxyl groups excluding tert-OH is 1. The van der Waals surface area contributed by atoms with Gasteiger partial charge in [0, 0.05) is 0 Å². The number of halogens is 1. The van der Waals surface area contributed by atoms with E-state index in [0.29, 0.717) is 5.56 Å². The molecule has 0 fully saturated rings. The van der Waals surface area contributed by atoms with Crippen LogP contribution in [0.4, 0.5) is 4.39 Å². The van der Waals surface area contributed by atoms with Gasteiger partial charge in [0.05, 0.1) is 18.1 Å². The number of aliphatic hydroxyl groups is 1. The molecule has 0 aliphatic carbocycles. The van der Waals surface area contributed by atoms with Crippen LogP contribution in [0.2, 0.25) is 0 Å². The van der Waals surface area contributed by atoms with Gasteiger partial charge in [-0.05, 0) is 24.6 Å². The van der Waals surface area contributed by atoms with Crippen LogP contribution in [0.25, 0.3) is 0 Å². The summed E-state index contributed by atoms with van der Waals surface area (Å²) in [7, 11) is 0. The van der Waals surface area contributed by atoms with Gasteiger partial charge in [-0.15, -0.1) is 0 Å². The largest absolute Gasteiger partial charge is 0.392 e. The standard InChI is InChI=1S/C10H10FNO/c1-7(13)10(6-12)8-3-2-4-9(11)5-8/h2-5,7,10,13H,1H3. The number of rotatable bonds is 2. The molecule has 1 aromatic carbocycles. The van der Waals surface area contributed by atoms with Crippen molar-refractivity contribution in [2.75, 3.05) is 0 Å². The summed E-state index contributed by atoms with van der Waals surface area (Å²) in [4.78, 5) is 0. The summed E-state index contributed by atoms with van der Waals surface area (Å²) in [5.74, 6) is -1.05. The molecule has 0 saturated carbocycles. The molecular weight excluding hydrogens is 169 g/mol. The van der Waals surface area contributed by atoms with Crippen molar-refractivity contribution in [2.24, 2.45) is 0 Å². The van der Waals surface area contributed by atoms with E-state index < -0.39 is 17.8 Å². The maximum absolute atomic E-state index is 12.7. The Bertz CT molecular complexity index is 330. The van der Waals surface area contributed by atoms with E-state index >= 15 is 0 Å². The molecule has 13 heavy (non-hydrogen) atoms. The summed E-state index contributed by atoms with van der Waals surface area (Å²) in [6, 6.07) is 7.65. The first-order valence-corrected chi connectivity index (χ1v) is 3.98. The van der Waals surface area contributed by atoms with Gasteiger partial charge >= 0.3 is 0 Å². The summed E-state index contributed by atoms with van der Waals surface area (Å²) < 4.78 is 12.7. The second kappa shape index (κ2) is 4.01. The Balaban J connectivity index is 3.00. The first-order valence-electron chi connectivity index (χ1n) is 3.98. The van der Waals surface area contributed by atoms with Crippen LogP contribution in [0.5, 0.6) is 0 Å². The summed E-state index contributed by atoms with van der Waals surface area (Å²) in [5, 5.41) is 17.9. The van der Waals surface area contributed by atoms with Gasteiger partial charge in [0.15, 0.2) is 0 Å². The molecular formula is C10H10FNO. The first kappa shape index (κ1) is 9.69. The SMILES string of the molecule is CC(O)C(C#N)c1cccc(F)c1. The fourth-order valence-corrected chi connectivity index (χ4v) is 1.16. The van der Waals surface area contributed by atoms with E-state index in [1.807, 2.05) is 6.07 Å². The number of benzene rings is 1. The molecule has 0 amide bonds. The first-order chi connectivity index (χ1) is 6.15. The zero-order valence-corrected chi connectivity index (χ0v) is 7.24. The Labute approximate surface area is 76.2 Å². The lowest BCUT2D eigenvalue weighted by Gasteiger charge is -2.11. The Morgan fingerprint density at radius 1 is 1.54 bits per heavy atom. The van der Waals surface area contributed by atoms with Crippen LogP contribution in [0.1, 0.15) is 18.4 Å². The molecule has 68 valence electrons. The Hall–Kier alpha value is -1.40. The molecule has 2 nitrogen and oxygen atoms in total. The van der Waals surface area contributed by atoms with Crippen LogP contribution in [-0.4, -0.2) is 11.2 Å². The molecule has 1 aromatic rings. The topological polar surface area (TPSA) is 44.0 Å². The van der Waals surface area contributed by atoms with Gasteiger partial charge in [-0.3, -0.25) is 0 Å². The van der Waals surface area contributed by atoms with Gasteiger partial charge in [0.1, 0.15) is 5.82 Å². The number of hydrogen-bond donors (Lipinski definition) is 1. The molecule has 0 heterocycles. The zero-order chi connectivity index (χ0) is 9.84. The van der Waals surface area contributed by atoms with Gasteiger partial charge in [-0.1, -0.05) is 12.1 Å². The van der Waals surface area contributed by atoms with Crippen molar-refractivity contribution in [3.63, 3.8) is 0 Å². The highest BCUT2D eigenvalue weighted by molar-refractivity contribution is 5.26. The smallest absolute Gasteiger partial charge is 0.123 e. The van der Waals surface area contributed by atoms with E-state index in [0.717, 1.165) is 0 Å². The van der Waals surface area contributed by atoms with Gasteiger partial charge < -0.3 is 5.11 Å². The minimum atomic E-state index is -0.785. The zero-order valence-electron chi connectivity index (χ0n) is 7.24. The normalized spacial score (nSPS) is 14.6. The van der Waals surface area contributed by atoms with Crippen molar-refractivity contribution in [1.29, 1.82) is 5.26 Å². The van der Waals surface area contributed by atoms with E-state index in [1.165, 1.54) is 25.1 Å². The third-order valence-corrected chi connectivity index (χ3v) is 1.83. The number of nitrogens with zero attached hydrogens (tertiary/aromatic N) is 1. The van der Waals surface area contributed by atoms with Crippen LogP contribution < -0.4 is 0 Å². The van der Waals surface area contributed by atoms with Crippen molar-refractivity contribution in [3.05, 3.63) is 35.6 Å². The Morgan fingerprint density at radius 3 is 2.69 bits per heavy atom. The van der Waals surface area contributed by atoms with E-state index in [1.54, 1.807) is 6.07 Å². The second-order valence-electron chi connectivity index (χ2n) is 2.90. The van der Waals surface area contributed by atoms with E-state index in [9.17, 15) is 9.50 Å². The predicted molar refractivity (Wildman–Crippen MR) is 46.4 cm³/mol. The summed E-state index contributed by atoms with van der Waals surface area (Å²) in [5.41, 5.74) is 0.512. The third kappa shape index (κ3) is 2.27. The maximum Gasteiger partial charge on any atom is 0.123 e. The average Bonchev–Trinajstić information content (AvgIpc) is 2.04. The van der Waals surface area contributed by atoms with Crippen molar-refractivity contribution >= 4 is 0 Å². The minimum Gasteiger partial charge on any atom is -0.392 e. The Kier molecular flexibility index (Phi) is 2.99. The molecule has 2 unspecified atom stereocenters. The van der Waals surface area contributed by atoms with Crippen LogP contribution in [0.15, 0.2) is 24.3 Å². The van der Waals surface area contributed by atoms with Crippen molar-refractivity contribution < 1.29 is 9.50 Å². The quantitative estimate of drug-likeness (QED) is 0.752. The summed E-state index contributed by atoms with van der Waals surface area (Å²) in [6.45, 7) is 1.51. The van der Waals surface area contributed by atoms with Gasteiger partial charge in [0.2, 0.25) is 0 Å². The molecule has 0 aliphatic heterocycles. The molecule has 0 bridgehead atoms. The lowest BCUT2D eigenvalue weighted by Crippen LogP contribution is -2.12. The molecule has 1 rings (SSSR count). The van der Waals surface area contributed by atoms with E-state index in [-0.39, 0.29) is 0 Å². The van der Waals surface area contributed by atoms with Crippen LogP contribution in [0.3, 0.4) is 0 Å². The van der Waals surface area contributed by atoms with Gasteiger partial charge in [-0.25, -0.2) is 4.39 Å². The lowest BCUT2D eigenvalue weighted by molar-refractivity contribution is 0.181. The number of hydrogen-bond acceptors (Lipinski definition) is 2. The maximum atomic E-state index is 12.7. The minimum absolute atomic E-state index is 0.390. The lowest BCUT2D eigenvalue weighted by atomic mass is 9.96. The van der Waals surface area contributed by atoms with Crippen LogP contribution in [0, 0.1) is 17.1 Å². The molecule has 0 spiro atoms. The van der Waals surface area contributed by atoms with Crippen LogP contribution in [-0.2, 0) is 0 Å². The highest BCUT2D eigenvalue weighted by Crippen LogP contribution is 2.19. The molecule has 1 N–H and O–H groups in total.